The summed E-state index contributed by atoms with van der Waals surface area (Å²) in [7, 11) is 0. The molecule has 4 nitrogen and oxygen atoms in total. The molecule has 0 aliphatic rings. The van der Waals surface area contributed by atoms with Gasteiger partial charge in [-0.05, 0) is 43.5 Å². The summed E-state index contributed by atoms with van der Waals surface area (Å²) in [5, 5.41) is 8.00. The Hall–Kier alpha value is -1.68. The van der Waals surface area contributed by atoms with Gasteiger partial charge in [-0.3, -0.25) is 9.67 Å². The van der Waals surface area contributed by atoms with E-state index in [1.54, 1.807) is 0 Å². The zero-order valence-electron chi connectivity index (χ0n) is 12.4. The van der Waals surface area contributed by atoms with E-state index in [0.717, 1.165) is 32.4 Å². The van der Waals surface area contributed by atoms with Crippen LogP contribution in [0.1, 0.15) is 44.0 Å². The molecule has 2 aromatic rings. The number of pyridine rings is 1. The number of aromatic nitrogens is 3. The fourth-order valence-corrected chi connectivity index (χ4v) is 2.50. The molecule has 20 heavy (non-hydrogen) atoms. The average molecular weight is 272 g/mol. The Bertz CT molecular complexity index is 492. The van der Waals surface area contributed by atoms with Gasteiger partial charge in [0.15, 0.2) is 0 Å². The van der Waals surface area contributed by atoms with Crippen molar-refractivity contribution < 1.29 is 0 Å². The Morgan fingerprint density at radius 1 is 1.25 bits per heavy atom. The Labute approximate surface area is 121 Å². The first-order chi connectivity index (χ1) is 9.85. The minimum absolute atomic E-state index is 0.356. The summed E-state index contributed by atoms with van der Waals surface area (Å²) in [6.07, 6.45) is 8.88. The highest BCUT2D eigenvalue weighted by molar-refractivity contribution is 5.12. The van der Waals surface area contributed by atoms with E-state index in [2.05, 4.69) is 46.1 Å². The first-order valence-electron chi connectivity index (χ1n) is 7.49. The van der Waals surface area contributed by atoms with Crippen LogP contribution in [0.25, 0.3) is 0 Å². The minimum atomic E-state index is 0.356. The quantitative estimate of drug-likeness (QED) is 0.803. The van der Waals surface area contributed by atoms with Gasteiger partial charge in [0.05, 0.1) is 5.69 Å². The zero-order chi connectivity index (χ0) is 14.2. The third-order valence-electron chi connectivity index (χ3n) is 3.44. The van der Waals surface area contributed by atoms with Crippen molar-refractivity contribution >= 4 is 0 Å². The van der Waals surface area contributed by atoms with Crippen molar-refractivity contribution in [3.63, 3.8) is 0 Å². The van der Waals surface area contributed by atoms with Crippen LogP contribution in [-0.4, -0.2) is 21.3 Å². The molecule has 0 bridgehead atoms. The van der Waals surface area contributed by atoms with E-state index in [1.807, 2.05) is 24.7 Å². The fraction of sp³-hybridized carbons (Fsp3) is 0.500. The van der Waals surface area contributed by atoms with Crippen molar-refractivity contribution in [2.75, 3.05) is 6.54 Å². The Morgan fingerprint density at radius 2 is 2.15 bits per heavy atom. The molecule has 2 heterocycles. The molecule has 0 saturated heterocycles. The average Bonchev–Trinajstić information content (AvgIpc) is 2.93. The minimum Gasteiger partial charge on any atom is -0.309 e. The van der Waals surface area contributed by atoms with Crippen LogP contribution in [0.3, 0.4) is 0 Å². The van der Waals surface area contributed by atoms with E-state index in [9.17, 15) is 0 Å². The van der Waals surface area contributed by atoms with Crippen molar-refractivity contribution in [1.82, 2.24) is 20.1 Å². The molecule has 0 aromatic carbocycles. The van der Waals surface area contributed by atoms with Crippen LogP contribution in [0, 0.1) is 0 Å². The van der Waals surface area contributed by atoms with Crippen molar-refractivity contribution in [2.45, 2.75) is 45.7 Å². The van der Waals surface area contributed by atoms with Gasteiger partial charge in [-0.15, -0.1) is 0 Å². The van der Waals surface area contributed by atoms with Gasteiger partial charge < -0.3 is 5.32 Å². The molecule has 0 spiro atoms. The monoisotopic (exact) mass is 272 g/mol. The molecular formula is C16H24N4. The smallest absolute Gasteiger partial charge is 0.0553 e. The molecule has 0 fully saturated rings. The molecule has 2 rings (SSSR count). The van der Waals surface area contributed by atoms with E-state index in [1.165, 1.54) is 11.3 Å². The van der Waals surface area contributed by atoms with Crippen LogP contribution < -0.4 is 5.32 Å². The second-order valence-corrected chi connectivity index (χ2v) is 4.99. The van der Waals surface area contributed by atoms with Gasteiger partial charge in [0.2, 0.25) is 0 Å². The van der Waals surface area contributed by atoms with E-state index < -0.39 is 0 Å². The van der Waals surface area contributed by atoms with Crippen LogP contribution in [-0.2, 0) is 13.0 Å². The molecule has 0 radical (unpaired) electrons. The van der Waals surface area contributed by atoms with Crippen molar-refractivity contribution in [3.05, 3.63) is 48.0 Å². The van der Waals surface area contributed by atoms with E-state index in [-0.39, 0.29) is 0 Å². The lowest BCUT2D eigenvalue weighted by Gasteiger charge is -2.19. The Morgan fingerprint density at radius 3 is 2.85 bits per heavy atom. The molecule has 4 heteroatoms. The number of hydrogen-bond acceptors (Lipinski definition) is 3. The molecule has 1 N–H and O–H groups in total. The predicted octanol–water partition coefficient (Wildman–Crippen LogP) is 2.97. The van der Waals surface area contributed by atoms with Crippen molar-refractivity contribution in [2.24, 2.45) is 0 Å². The Balaban J connectivity index is 2.04. The fourth-order valence-electron chi connectivity index (χ4n) is 2.50. The lowest BCUT2D eigenvalue weighted by atomic mass is 10.0. The molecule has 2 aromatic heterocycles. The third kappa shape index (κ3) is 3.90. The summed E-state index contributed by atoms with van der Waals surface area (Å²) in [6, 6.07) is 6.62. The first kappa shape index (κ1) is 14.7. The summed E-state index contributed by atoms with van der Waals surface area (Å²) in [5.41, 5.74) is 2.58. The summed E-state index contributed by atoms with van der Waals surface area (Å²) in [4.78, 5) is 4.18. The van der Waals surface area contributed by atoms with Crippen molar-refractivity contribution in [3.8, 4) is 0 Å². The third-order valence-corrected chi connectivity index (χ3v) is 3.44. The van der Waals surface area contributed by atoms with Gasteiger partial charge >= 0.3 is 0 Å². The SMILES string of the molecule is CCCn1nccc1C(CCc1cccnc1)NCC. The first-order valence-corrected chi connectivity index (χ1v) is 7.49. The van der Waals surface area contributed by atoms with Gasteiger partial charge in [0, 0.05) is 31.2 Å². The van der Waals surface area contributed by atoms with Gasteiger partial charge in [0.1, 0.15) is 0 Å². The van der Waals surface area contributed by atoms with Crippen LogP contribution in [0.4, 0.5) is 0 Å². The maximum Gasteiger partial charge on any atom is 0.0553 e. The second kappa shape index (κ2) is 7.80. The summed E-state index contributed by atoms with van der Waals surface area (Å²) in [6.45, 7) is 6.28. The molecule has 0 aliphatic carbocycles. The van der Waals surface area contributed by atoms with Gasteiger partial charge in [-0.2, -0.15) is 5.10 Å². The van der Waals surface area contributed by atoms with Crippen molar-refractivity contribution in [1.29, 1.82) is 0 Å². The summed E-state index contributed by atoms with van der Waals surface area (Å²) in [5.74, 6) is 0. The molecule has 108 valence electrons. The number of hydrogen-bond donors (Lipinski definition) is 1. The predicted molar refractivity (Wildman–Crippen MR) is 81.5 cm³/mol. The van der Waals surface area contributed by atoms with Crippen LogP contribution >= 0.6 is 0 Å². The van der Waals surface area contributed by atoms with Gasteiger partial charge in [0.25, 0.3) is 0 Å². The van der Waals surface area contributed by atoms with E-state index in [4.69, 9.17) is 0 Å². The molecule has 0 saturated carbocycles. The van der Waals surface area contributed by atoms with Crippen LogP contribution in [0.15, 0.2) is 36.8 Å². The number of nitrogens with zero attached hydrogens (tertiary/aromatic N) is 3. The largest absolute Gasteiger partial charge is 0.309 e. The maximum absolute atomic E-state index is 4.43. The normalized spacial score (nSPS) is 12.5. The highest BCUT2D eigenvalue weighted by atomic mass is 15.3. The van der Waals surface area contributed by atoms with Gasteiger partial charge in [-0.1, -0.05) is 19.9 Å². The molecule has 1 atom stereocenters. The van der Waals surface area contributed by atoms with Gasteiger partial charge in [-0.25, -0.2) is 0 Å². The molecule has 0 amide bonds. The summed E-state index contributed by atoms with van der Waals surface area (Å²) >= 11 is 0. The van der Waals surface area contributed by atoms with E-state index >= 15 is 0 Å². The summed E-state index contributed by atoms with van der Waals surface area (Å²) < 4.78 is 2.12. The van der Waals surface area contributed by atoms with Crippen LogP contribution in [0.2, 0.25) is 0 Å². The zero-order valence-corrected chi connectivity index (χ0v) is 12.4. The molecule has 0 aliphatic heterocycles. The lowest BCUT2D eigenvalue weighted by Crippen LogP contribution is -2.24. The second-order valence-electron chi connectivity index (χ2n) is 4.99. The lowest BCUT2D eigenvalue weighted by molar-refractivity contribution is 0.457. The number of aryl methyl sites for hydroxylation is 2. The molecule has 1 unspecified atom stereocenters. The highest BCUT2D eigenvalue weighted by Gasteiger charge is 2.14. The Kier molecular flexibility index (Phi) is 5.74. The maximum atomic E-state index is 4.43. The van der Waals surface area contributed by atoms with Crippen LogP contribution in [0.5, 0.6) is 0 Å². The number of nitrogens with one attached hydrogen (secondary N) is 1. The number of rotatable bonds is 8. The highest BCUT2D eigenvalue weighted by Crippen LogP contribution is 2.19. The van der Waals surface area contributed by atoms with E-state index in [0.29, 0.717) is 6.04 Å². The molecular weight excluding hydrogens is 248 g/mol. The topological polar surface area (TPSA) is 42.7 Å². The standard InChI is InChI=1S/C16H24N4/c1-3-12-20-16(9-11-19-20)15(18-4-2)8-7-14-6-5-10-17-13-14/h5-6,9-11,13,15,18H,3-4,7-8,12H2,1-2H3.